The SMILES string of the molecule is C=CC(=O)N1CCN(c2nc(OC[C@@H]3CCCN3C)nc3nc(-c4cccc5ccsc45)c(F)cc23)C[C@@H]1CC#N. The van der Waals surface area contributed by atoms with Crippen molar-refractivity contribution in [1.29, 1.82) is 5.26 Å². The molecule has 1 amide bonds. The van der Waals surface area contributed by atoms with Gasteiger partial charge in [0.2, 0.25) is 5.91 Å². The number of aromatic nitrogens is 3. The Bertz CT molecular complexity index is 1670. The van der Waals surface area contributed by atoms with Crippen molar-refractivity contribution in [2.75, 3.05) is 44.7 Å². The summed E-state index contributed by atoms with van der Waals surface area (Å²) in [4.78, 5) is 32.5. The number of hydrogen-bond donors (Lipinski definition) is 0. The van der Waals surface area contributed by atoms with E-state index >= 15 is 4.39 Å². The smallest absolute Gasteiger partial charge is 0.320 e. The number of hydrogen-bond acceptors (Lipinski definition) is 9. The third-order valence-corrected chi connectivity index (χ3v) is 8.94. The van der Waals surface area contributed by atoms with E-state index in [1.54, 1.807) is 16.2 Å². The molecule has 2 saturated heterocycles. The molecule has 41 heavy (non-hydrogen) atoms. The largest absolute Gasteiger partial charge is 0.462 e. The van der Waals surface area contributed by atoms with Crippen molar-refractivity contribution in [3.8, 4) is 23.3 Å². The summed E-state index contributed by atoms with van der Waals surface area (Å²) in [5, 5.41) is 12.9. The van der Waals surface area contributed by atoms with E-state index in [1.165, 1.54) is 12.1 Å². The first-order chi connectivity index (χ1) is 20.0. The highest BCUT2D eigenvalue weighted by atomic mass is 32.1. The summed E-state index contributed by atoms with van der Waals surface area (Å²) in [6.07, 6.45) is 3.56. The number of carbonyl (C=O) groups excluding carboxylic acids is 1. The van der Waals surface area contributed by atoms with Gasteiger partial charge in [-0.15, -0.1) is 11.3 Å². The number of amides is 1. The van der Waals surface area contributed by atoms with Crippen LogP contribution < -0.4 is 9.64 Å². The van der Waals surface area contributed by atoms with Crippen molar-refractivity contribution >= 4 is 44.2 Å². The molecule has 4 aromatic rings. The van der Waals surface area contributed by atoms with Crippen LogP contribution in [0.5, 0.6) is 6.01 Å². The summed E-state index contributed by atoms with van der Waals surface area (Å²) >= 11 is 1.54. The number of piperazine rings is 1. The minimum Gasteiger partial charge on any atom is -0.462 e. The monoisotopic (exact) mass is 571 g/mol. The number of halogens is 1. The van der Waals surface area contributed by atoms with Crippen LogP contribution in [0.3, 0.4) is 0 Å². The lowest BCUT2D eigenvalue weighted by Crippen LogP contribution is -2.55. The highest BCUT2D eigenvalue weighted by Gasteiger charge is 2.32. The van der Waals surface area contributed by atoms with Crippen LogP contribution in [0.1, 0.15) is 19.3 Å². The fourth-order valence-corrected chi connectivity index (χ4v) is 6.68. The minimum atomic E-state index is -0.474. The predicted molar refractivity (Wildman–Crippen MR) is 157 cm³/mol. The Morgan fingerprint density at radius 3 is 2.90 bits per heavy atom. The van der Waals surface area contributed by atoms with Crippen molar-refractivity contribution in [2.45, 2.75) is 31.3 Å². The van der Waals surface area contributed by atoms with Gasteiger partial charge in [-0.05, 0) is 55.4 Å². The van der Waals surface area contributed by atoms with Crippen LogP contribution in [0.4, 0.5) is 10.2 Å². The summed E-state index contributed by atoms with van der Waals surface area (Å²) in [6, 6.07) is 11.5. The van der Waals surface area contributed by atoms with Crippen LogP contribution in [-0.2, 0) is 4.79 Å². The molecular formula is C30H30FN7O2S. The van der Waals surface area contributed by atoms with Crippen LogP contribution in [-0.4, -0.2) is 82.6 Å². The van der Waals surface area contributed by atoms with E-state index in [9.17, 15) is 10.1 Å². The molecule has 3 aromatic heterocycles. The first-order valence-corrected chi connectivity index (χ1v) is 14.6. The van der Waals surface area contributed by atoms with Gasteiger partial charge in [-0.1, -0.05) is 24.8 Å². The van der Waals surface area contributed by atoms with Gasteiger partial charge in [0.15, 0.2) is 5.65 Å². The molecule has 210 valence electrons. The summed E-state index contributed by atoms with van der Waals surface area (Å²) in [5.74, 6) is -0.216. The molecule has 0 radical (unpaired) electrons. The number of anilines is 1. The van der Waals surface area contributed by atoms with Crippen molar-refractivity contribution in [3.63, 3.8) is 0 Å². The van der Waals surface area contributed by atoms with E-state index < -0.39 is 5.82 Å². The van der Waals surface area contributed by atoms with Gasteiger partial charge in [-0.3, -0.25) is 4.79 Å². The lowest BCUT2D eigenvalue weighted by Gasteiger charge is -2.41. The molecule has 2 atom stereocenters. The molecule has 11 heteroatoms. The Balaban J connectivity index is 1.43. The van der Waals surface area contributed by atoms with Crippen LogP contribution >= 0.6 is 11.3 Å². The molecule has 1 aromatic carbocycles. The summed E-state index contributed by atoms with van der Waals surface area (Å²) < 4.78 is 22.9. The zero-order valence-electron chi connectivity index (χ0n) is 22.8. The van der Waals surface area contributed by atoms with E-state index in [2.05, 4.69) is 29.6 Å². The first kappa shape index (κ1) is 27.1. The normalized spacial score (nSPS) is 19.5. The number of thiophene rings is 1. The van der Waals surface area contributed by atoms with E-state index in [0.717, 1.165) is 29.5 Å². The molecule has 0 bridgehead atoms. The average Bonchev–Trinajstić information content (AvgIpc) is 3.64. The van der Waals surface area contributed by atoms with E-state index in [1.807, 2.05) is 34.5 Å². The third kappa shape index (κ3) is 5.21. The predicted octanol–water partition coefficient (Wildman–Crippen LogP) is 4.64. The number of likely N-dealkylation sites (tertiary alicyclic amines) is 1. The number of fused-ring (bicyclic) bond motifs is 2. The molecule has 0 aliphatic carbocycles. The highest BCUT2D eigenvalue weighted by molar-refractivity contribution is 7.17. The van der Waals surface area contributed by atoms with Crippen LogP contribution in [0.2, 0.25) is 0 Å². The summed E-state index contributed by atoms with van der Waals surface area (Å²) in [7, 11) is 2.08. The molecule has 5 heterocycles. The third-order valence-electron chi connectivity index (χ3n) is 7.98. The van der Waals surface area contributed by atoms with Gasteiger partial charge < -0.3 is 19.4 Å². The number of pyridine rings is 1. The second-order valence-corrected chi connectivity index (χ2v) is 11.4. The number of nitriles is 1. The molecule has 0 N–H and O–H groups in total. The highest BCUT2D eigenvalue weighted by Crippen LogP contribution is 2.36. The van der Waals surface area contributed by atoms with Gasteiger partial charge in [0.25, 0.3) is 0 Å². The van der Waals surface area contributed by atoms with Crippen molar-refractivity contribution in [1.82, 2.24) is 24.8 Å². The minimum absolute atomic E-state index is 0.151. The topological polar surface area (TPSA) is 98.5 Å². The van der Waals surface area contributed by atoms with Crippen molar-refractivity contribution < 1.29 is 13.9 Å². The van der Waals surface area contributed by atoms with Crippen LogP contribution in [0.25, 0.3) is 32.4 Å². The maximum atomic E-state index is 15.8. The van der Waals surface area contributed by atoms with Gasteiger partial charge >= 0.3 is 6.01 Å². The Kier molecular flexibility index (Phi) is 7.51. The van der Waals surface area contributed by atoms with E-state index in [4.69, 9.17) is 14.7 Å². The van der Waals surface area contributed by atoms with Crippen molar-refractivity contribution in [2.24, 2.45) is 0 Å². The van der Waals surface area contributed by atoms with Crippen LogP contribution in [0, 0.1) is 17.1 Å². The van der Waals surface area contributed by atoms with E-state index in [-0.39, 0.29) is 36.1 Å². The average molecular weight is 572 g/mol. The Hall–Kier alpha value is -4.14. The Morgan fingerprint density at radius 1 is 1.24 bits per heavy atom. The molecule has 0 saturated carbocycles. The van der Waals surface area contributed by atoms with Gasteiger partial charge in [0.1, 0.15) is 23.9 Å². The standard InChI is InChI=1S/C30H30FN7O2S/c1-3-25(39)38-14-13-37(17-20(38)9-11-32)29-23-16-24(31)26(22-8-4-6-19-10-15-41-27(19)22)33-28(23)34-30(35-29)40-18-21-7-5-12-36(21)2/h3-4,6,8,10,15-16,20-21H,1,5,7,9,12-14,17-18H2,2H3/t20-,21-/m0/s1. The molecule has 0 unspecified atom stereocenters. The fraction of sp³-hybridized carbons (Fsp3) is 0.367. The molecule has 0 spiro atoms. The van der Waals surface area contributed by atoms with Crippen LogP contribution in [0.15, 0.2) is 48.4 Å². The first-order valence-electron chi connectivity index (χ1n) is 13.7. The molecule has 2 aliphatic rings. The number of carbonyl (C=O) groups is 1. The number of benzene rings is 1. The molecule has 9 nitrogen and oxygen atoms in total. The summed E-state index contributed by atoms with van der Waals surface area (Å²) in [5.41, 5.74) is 1.26. The lowest BCUT2D eigenvalue weighted by atomic mass is 10.1. The Labute approximate surface area is 241 Å². The molecular weight excluding hydrogens is 541 g/mol. The zero-order chi connectivity index (χ0) is 28.5. The van der Waals surface area contributed by atoms with Gasteiger partial charge in [-0.2, -0.15) is 15.2 Å². The molecule has 2 fully saturated rings. The number of nitrogens with zero attached hydrogens (tertiary/aromatic N) is 7. The number of rotatable bonds is 7. The number of likely N-dealkylation sites (N-methyl/N-ethyl adjacent to an activating group) is 1. The molecule has 2 aliphatic heterocycles. The van der Waals surface area contributed by atoms with E-state index in [0.29, 0.717) is 48.7 Å². The van der Waals surface area contributed by atoms with Gasteiger partial charge in [0, 0.05) is 35.9 Å². The van der Waals surface area contributed by atoms with Gasteiger partial charge in [-0.25, -0.2) is 9.37 Å². The number of ether oxygens (including phenoxy) is 1. The maximum Gasteiger partial charge on any atom is 0.320 e. The second kappa shape index (κ2) is 11.4. The van der Waals surface area contributed by atoms with Crippen molar-refractivity contribution in [3.05, 3.63) is 54.2 Å². The lowest BCUT2D eigenvalue weighted by molar-refractivity contribution is -0.128. The zero-order valence-corrected chi connectivity index (χ0v) is 23.6. The second-order valence-electron chi connectivity index (χ2n) is 10.4. The molecule has 6 rings (SSSR count). The maximum absolute atomic E-state index is 15.8. The quantitative estimate of drug-likeness (QED) is 0.296. The summed E-state index contributed by atoms with van der Waals surface area (Å²) in [6.45, 7) is 6.22. The van der Waals surface area contributed by atoms with Gasteiger partial charge in [0.05, 0.1) is 23.9 Å². The fourth-order valence-electron chi connectivity index (χ4n) is 5.77. The Morgan fingerprint density at radius 2 is 2.12 bits per heavy atom.